The van der Waals surface area contributed by atoms with Gasteiger partial charge >= 0.3 is 5.97 Å². The highest BCUT2D eigenvalue weighted by atomic mass is 32.1. The maximum Gasteiger partial charge on any atom is 0.331 e. The van der Waals surface area contributed by atoms with E-state index in [9.17, 15) is 9.59 Å². The monoisotopic (exact) mass is 348 g/mol. The number of fused-ring (bicyclic) bond motifs is 1. The summed E-state index contributed by atoms with van der Waals surface area (Å²) in [4.78, 5) is 25.6. The smallest absolute Gasteiger partial charge is 0.331 e. The van der Waals surface area contributed by atoms with Gasteiger partial charge in [0.1, 0.15) is 18.2 Å². The summed E-state index contributed by atoms with van der Waals surface area (Å²) in [6, 6.07) is 5.47. The molecule has 1 aromatic carbocycles. The fourth-order valence-electron chi connectivity index (χ4n) is 2.32. The Balaban J connectivity index is 1.70. The third kappa shape index (κ3) is 3.69. The van der Waals surface area contributed by atoms with E-state index < -0.39 is 5.97 Å². The first-order valence-corrected chi connectivity index (χ1v) is 8.04. The lowest BCUT2D eigenvalue weighted by Crippen LogP contribution is -2.41. The molecule has 1 aliphatic rings. The lowest BCUT2D eigenvalue weighted by Gasteiger charge is -2.29. The second-order valence-corrected chi connectivity index (χ2v) is 6.35. The number of carbonyl (C=O) groups is 2. The molecule has 0 radical (unpaired) electrons. The number of nitrogens with one attached hydrogen (secondary N) is 1. The highest BCUT2D eigenvalue weighted by molar-refractivity contribution is 7.15. The second kappa shape index (κ2) is 6.93. The minimum absolute atomic E-state index is 0.0186. The van der Waals surface area contributed by atoms with E-state index in [0.717, 1.165) is 11.3 Å². The minimum Gasteiger partial charge on any atom is -0.423 e. The van der Waals surface area contributed by atoms with E-state index in [4.69, 9.17) is 9.47 Å². The lowest BCUT2D eigenvalue weighted by atomic mass is 10.1. The Labute approximate surface area is 142 Å². The van der Waals surface area contributed by atoms with Gasteiger partial charge in [0.15, 0.2) is 5.75 Å². The maximum atomic E-state index is 12.3. The maximum absolute atomic E-state index is 12.3. The fraction of sp³-hybridized carbons (Fsp3) is 0.333. The number of hydrogen-bond donors (Lipinski definition) is 1. The van der Waals surface area contributed by atoms with Gasteiger partial charge in [0.25, 0.3) is 0 Å². The van der Waals surface area contributed by atoms with Gasteiger partial charge in [-0.2, -0.15) is 0 Å². The molecule has 1 amide bonds. The highest BCUT2D eigenvalue weighted by Crippen LogP contribution is 2.32. The third-order valence-electron chi connectivity index (χ3n) is 3.31. The van der Waals surface area contributed by atoms with E-state index in [1.165, 1.54) is 11.3 Å². The van der Waals surface area contributed by atoms with Crippen molar-refractivity contribution in [3.8, 4) is 5.75 Å². The van der Waals surface area contributed by atoms with Crippen molar-refractivity contribution in [1.82, 2.24) is 10.2 Å². The van der Waals surface area contributed by atoms with E-state index in [1.807, 2.05) is 19.1 Å². The Bertz CT molecular complexity index is 777. The van der Waals surface area contributed by atoms with Crippen molar-refractivity contribution >= 4 is 34.0 Å². The van der Waals surface area contributed by atoms with Gasteiger partial charge in [0, 0.05) is 7.11 Å². The quantitative estimate of drug-likeness (QED) is 0.644. The number of hydrogen-bond acceptors (Lipinski definition) is 8. The van der Waals surface area contributed by atoms with Gasteiger partial charge in [-0.3, -0.25) is 10.1 Å². The van der Waals surface area contributed by atoms with Crippen LogP contribution in [0.25, 0.3) is 0 Å². The fourth-order valence-corrected chi connectivity index (χ4v) is 3.04. The molecule has 8 nitrogen and oxygen atoms in total. The predicted octanol–water partition coefficient (Wildman–Crippen LogP) is 1.36. The lowest BCUT2D eigenvalue weighted by molar-refractivity contribution is -0.133. The van der Waals surface area contributed by atoms with Gasteiger partial charge in [-0.15, -0.1) is 10.2 Å². The van der Waals surface area contributed by atoms with Gasteiger partial charge in [0.2, 0.25) is 11.0 Å². The Morgan fingerprint density at radius 3 is 3.08 bits per heavy atom. The van der Waals surface area contributed by atoms with E-state index in [1.54, 1.807) is 18.1 Å². The number of rotatable bonds is 5. The third-order valence-corrected chi connectivity index (χ3v) is 4.13. The minimum atomic E-state index is -0.391. The Kier molecular flexibility index (Phi) is 4.72. The number of methoxy groups -OCH3 is 1. The zero-order chi connectivity index (χ0) is 17.1. The van der Waals surface area contributed by atoms with E-state index in [0.29, 0.717) is 22.5 Å². The molecule has 0 spiro atoms. The summed E-state index contributed by atoms with van der Waals surface area (Å²) in [6.07, 6.45) is 0. The van der Waals surface area contributed by atoms with Crippen LogP contribution in [0.3, 0.4) is 0 Å². The van der Waals surface area contributed by atoms with Crippen molar-refractivity contribution in [2.24, 2.45) is 0 Å². The number of aryl methyl sites for hydroxylation is 1. The van der Waals surface area contributed by atoms with Crippen LogP contribution in [0.1, 0.15) is 10.6 Å². The van der Waals surface area contributed by atoms with Crippen molar-refractivity contribution in [3.05, 3.63) is 28.8 Å². The number of aromatic nitrogens is 2. The highest BCUT2D eigenvalue weighted by Gasteiger charge is 2.26. The van der Waals surface area contributed by atoms with E-state index >= 15 is 0 Å². The van der Waals surface area contributed by atoms with Crippen LogP contribution in [0.15, 0.2) is 18.2 Å². The zero-order valence-corrected chi connectivity index (χ0v) is 14.1. The molecule has 3 rings (SSSR count). The summed E-state index contributed by atoms with van der Waals surface area (Å²) in [5, 5.41) is 11.6. The number of amides is 1. The van der Waals surface area contributed by atoms with E-state index in [2.05, 4.69) is 15.5 Å². The molecule has 2 heterocycles. The molecule has 0 bridgehead atoms. The molecule has 0 fully saturated rings. The number of ether oxygens (including phenoxy) is 2. The summed E-state index contributed by atoms with van der Waals surface area (Å²) >= 11 is 1.25. The van der Waals surface area contributed by atoms with Crippen molar-refractivity contribution in [1.29, 1.82) is 0 Å². The van der Waals surface area contributed by atoms with Crippen LogP contribution in [0.5, 0.6) is 5.75 Å². The van der Waals surface area contributed by atoms with Crippen molar-refractivity contribution in [3.63, 3.8) is 0 Å². The summed E-state index contributed by atoms with van der Waals surface area (Å²) in [5.41, 5.74) is 1.74. The summed E-state index contributed by atoms with van der Waals surface area (Å²) in [6.45, 7) is 2.32. The molecule has 9 heteroatoms. The summed E-state index contributed by atoms with van der Waals surface area (Å²) in [5.74, 6) is -0.210. The van der Waals surface area contributed by atoms with Gasteiger partial charge in [-0.25, -0.2) is 4.79 Å². The van der Waals surface area contributed by atoms with Gasteiger partial charge in [-0.05, 0) is 24.6 Å². The van der Waals surface area contributed by atoms with Crippen LogP contribution in [0, 0.1) is 6.92 Å². The number of benzene rings is 1. The molecule has 1 aliphatic heterocycles. The van der Waals surface area contributed by atoms with Crippen LogP contribution in [-0.4, -0.2) is 42.3 Å². The Morgan fingerprint density at radius 1 is 1.46 bits per heavy atom. The molecule has 0 saturated carbocycles. The SMILES string of the molecule is COCc1nnc(NC(=O)CN2CC(=O)Oc3ccc(C)cc32)s1. The van der Waals surface area contributed by atoms with Crippen LogP contribution >= 0.6 is 11.3 Å². The molecule has 0 unspecified atom stereocenters. The largest absolute Gasteiger partial charge is 0.423 e. The van der Waals surface area contributed by atoms with E-state index in [-0.39, 0.29) is 19.0 Å². The first-order chi connectivity index (χ1) is 11.5. The molecule has 0 atom stereocenters. The van der Waals surface area contributed by atoms with Crippen LogP contribution in [0.2, 0.25) is 0 Å². The topological polar surface area (TPSA) is 93.7 Å². The first-order valence-electron chi connectivity index (χ1n) is 7.22. The number of esters is 1. The van der Waals surface area contributed by atoms with Crippen molar-refractivity contribution in [2.45, 2.75) is 13.5 Å². The van der Waals surface area contributed by atoms with Gasteiger partial charge < -0.3 is 14.4 Å². The first kappa shape index (κ1) is 16.3. The molecule has 0 saturated heterocycles. The number of nitrogens with zero attached hydrogens (tertiary/aromatic N) is 3. The molecule has 126 valence electrons. The average Bonchev–Trinajstić information content (AvgIpc) is 2.95. The van der Waals surface area contributed by atoms with Gasteiger partial charge in [0.05, 0.1) is 12.2 Å². The number of anilines is 2. The molecular formula is C15H16N4O4S. The van der Waals surface area contributed by atoms with Gasteiger partial charge in [-0.1, -0.05) is 17.4 Å². The average molecular weight is 348 g/mol. The van der Waals surface area contributed by atoms with Crippen molar-refractivity contribution < 1.29 is 19.1 Å². The van der Waals surface area contributed by atoms with Crippen LogP contribution in [-0.2, 0) is 20.9 Å². The molecular weight excluding hydrogens is 332 g/mol. The predicted molar refractivity (Wildman–Crippen MR) is 88.3 cm³/mol. The van der Waals surface area contributed by atoms with Crippen LogP contribution in [0.4, 0.5) is 10.8 Å². The Hall–Kier alpha value is -2.52. The number of carbonyl (C=O) groups excluding carboxylic acids is 2. The molecule has 24 heavy (non-hydrogen) atoms. The summed E-state index contributed by atoms with van der Waals surface area (Å²) < 4.78 is 10.2. The standard InChI is InChI=1S/C15H16N4O4S/c1-9-3-4-11-10(5-9)19(7-14(21)23-11)6-12(20)16-15-18-17-13(24-15)8-22-2/h3-5H,6-8H2,1-2H3,(H,16,18,20). The normalized spacial score (nSPS) is 13.4. The summed E-state index contributed by atoms with van der Waals surface area (Å²) in [7, 11) is 1.56. The van der Waals surface area contributed by atoms with Crippen molar-refractivity contribution in [2.75, 3.05) is 30.4 Å². The molecule has 1 N–H and O–H groups in total. The van der Waals surface area contributed by atoms with Crippen LogP contribution < -0.4 is 15.0 Å². The molecule has 0 aliphatic carbocycles. The molecule has 1 aromatic heterocycles. The zero-order valence-electron chi connectivity index (χ0n) is 13.2. The molecule has 2 aromatic rings. The second-order valence-electron chi connectivity index (χ2n) is 5.28. The Morgan fingerprint density at radius 2 is 2.29 bits per heavy atom.